The summed E-state index contributed by atoms with van der Waals surface area (Å²) in [7, 11) is 0. The van der Waals surface area contributed by atoms with Gasteiger partial charge >= 0.3 is 0 Å². The Kier molecular flexibility index (Phi) is 5.47. The summed E-state index contributed by atoms with van der Waals surface area (Å²) in [6, 6.07) is 7.16. The number of fused-ring (bicyclic) bond motifs is 1. The Morgan fingerprint density at radius 1 is 1.23 bits per heavy atom. The van der Waals surface area contributed by atoms with Gasteiger partial charge in [-0.3, -0.25) is 14.4 Å². The molecule has 156 valence electrons. The monoisotopic (exact) mass is 408 g/mol. The predicted molar refractivity (Wildman–Crippen MR) is 111 cm³/mol. The fourth-order valence-electron chi connectivity index (χ4n) is 3.85. The lowest BCUT2D eigenvalue weighted by Gasteiger charge is -2.42. The molecule has 0 saturated heterocycles. The Morgan fingerprint density at radius 3 is 2.70 bits per heavy atom. The van der Waals surface area contributed by atoms with Crippen molar-refractivity contribution >= 4 is 17.5 Å². The first-order valence-electron chi connectivity index (χ1n) is 9.78. The number of aliphatic hydroxyl groups is 2. The molecule has 4 rings (SSSR count). The fraction of sp³-hybridized carbons (Fsp3) is 0.333. The lowest BCUT2D eigenvalue weighted by molar-refractivity contribution is -0.119. The van der Waals surface area contributed by atoms with Crippen LogP contribution in [-0.4, -0.2) is 48.7 Å². The van der Waals surface area contributed by atoms with Gasteiger partial charge in [0.25, 0.3) is 0 Å². The molecule has 0 spiro atoms. The largest absolute Gasteiger partial charge is 0.394 e. The molecule has 0 fully saturated rings. The minimum atomic E-state index is -0.977. The van der Waals surface area contributed by atoms with Crippen molar-refractivity contribution in [2.24, 2.45) is 5.92 Å². The van der Waals surface area contributed by atoms with Crippen LogP contribution in [0.1, 0.15) is 25.5 Å². The maximum absolute atomic E-state index is 12.3. The number of amides is 1. The summed E-state index contributed by atoms with van der Waals surface area (Å²) >= 11 is 0. The van der Waals surface area contributed by atoms with Gasteiger partial charge in [0.2, 0.25) is 11.9 Å². The van der Waals surface area contributed by atoms with E-state index in [0.717, 1.165) is 16.7 Å². The maximum atomic E-state index is 12.3. The molecular formula is C21H24N6O3. The molecule has 0 radical (unpaired) electrons. The highest BCUT2D eigenvalue weighted by Crippen LogP contribution is 2.43. The number of benzene rings is 1. The number of carbonyl (C=O) groups excluding carboxylic acids is 1. The lowest BCUT2D eigenvalue weighted by atomic mass is 9.85. The Labute approximate surface area is 174 Å². The summed E-state index contributed by atoms with van der Waals surface area (Å²) in [5, 5.41) is 27.5. The zero-order valence-corrected chi connectivity index (χ0v) is 16.8. The van der Waals surface area contributed by atoms with Crippen LogP contribution in [0.5, 0.6) is 0 Å². The van der Waals surface area contributed by atoms with E-state index in [0.29, 0.717) is 18.2 Å². The van der Waals surface area contributed by atoms with Crippen LogP contribution in [0, 0.1) is 5.92 Å². The number of aliphatic hydroxyl groups excluding tert-OH is 2. The van der Waals surface area contributed by atoms with Crippen LogP contribution >= 0.6 is 0 Å². The number of nitrogens with one attached hydrogen (secondary N) is 1. The van der Waals surface area contributed by atoms with Crippen LogP contribution in [0.3, 0.4) is 0 Å². The summed E-state index contributed by atoms with van der Waals surface area (Å²) < 4.78 is 1.68. The topological polar surface area (TPSA) is 116 Å². The Morgan fingerprint density at radius 2 is 2.00 bits per heavy atom. The van der Waals surface area contributed by atoms with Gasteiger partial charge in [-0.05, 0) is 29.3 Å². The zero-order valence-electron chi connectivity index (χ0n) is 16.8. The molecule has 1 aliphatic rings. The van der Waals surface area contributed by atoms with Crippen molar-refractivity contribution in [1.29, 1.82) is 0 Å². The normalized spacial score (nSPS) is 20.7. The Bertz CT molecular complexity index is 1040. The van der Waals surface area contributed by atoms with Crippen LogP contribution in [0.25, 0.3) is 11.1 Å². The van der Waals surface area contributed by atoms with Crippen molar-refractivity contribution in [3.63, 3.8) is 0 Å². The number of hydrogen-bond donors (Lipinski definition) is 3. The predicted octanol–water partition coefficient (Wildman–Crippen LogP) is 1.81. The molecule has 0 aliphatic carbocycles. The van der Waals surface area contributed by atoms with E-state index in [4.69, 9.17) is 5.11 Å². The molecular weight excluding hydrogens is 384 g/mol. The van der Waals surface area contributed by atoms with Gasteiger partial charge in [0, 0.05) is 37.0 Å². The smallest absolute Gasteiger partial charge is 0.225 e. The number of hydrogen-bond acceptors (Lipinski definition) is 7. The number of carbonyl (C=O) groups is 1. The maximum Gasteiger partial charge on any atom is 0.225 e. The summed E-state index contributed by atoms with van der Waals surface area (Å²) in [6.45, 7) is 3.76. The molecule has 1 amide bonds. The summed E-state index contributed by atoms with van der Waals surface area (Å²) in [5.41, 5.74) is 3.33. The van der Waals surface area contributed by atoms with Crippen LogP contribution in [-0.2, 0) is 11.3 Å². The highest BCUT2D eigenvalue weighted by atomic mass is 16.3. The van der Waals surface area contributed by atoms with Gasteiger partial charge in [-0.25, -0.2) is 9.97 Å². The van der Waals surface area contributed by atoms with E-state index in [9.17, 15) is 9.90 Å². The molecule has 1 aromatic carbocycles. The Hall–Kier alpha value is -3.30. The van der Waals surface area contributed by atoms with E-state index in [1.807, 2.05) is 31.3 Å². The molecule has 3 heterocycles. The molecule has 3 aromatic rings. The lowest BCUT2D eigenvalue weighted by Crippen LogP contribution is -2.50. The van der Waals surface area contributed by atoms with Crippen LogP contribution < -0.4 is 10.2 Å². The van der Waals surface area contributed by atoms with Gasteiger partial charge < -0.3 is 15.5 Å². The second kappa shape index (κ2) is 8.21. The average molecular weight is 408 g/mol. The van der Waals surface area contributed by atoms with Gasteiger partial charge in [-0.1, -0.05) is 13.0 Å². The molecule has 30 heavy (non-hydrogen) atoms. The van der Waals surface area contributed by atoms with Crippen LogP contribution in [0.15, 0.2) is 49.1 Å². The molecule has 0 bridgehead atoms. The number of rotatable bonds is 5. The summed E-state index contributed by atoms with van der Waals surface area (Å²) in [6.07, 6.45) is 5.92. The molecule has 3 N–H and O–H groups in total. The average Bonchev–Trinajstić information content (AvgIpc) is 3.21. The van der Waals surface area contributed by atoms with Crippen LogP contribution in [0.2, 0.25) is 0 Å². The van der Waals surface area contributed by atoms with E-state index in [2.05, 4.69) is 20.4 Å². The molecule has 3 atom stereocenters. The van der Waals surface area contributed by atoms with E-state index < -0.39 is 6.23 Å². The quantitative estimate of drug-likeness (QED) is 0.589. The zero-order chi connectivity index (χ0) is 21.3. The standard InChI is InChI=1S/C21H24N6O3/c1-13-19(25-21-22-6-3-7-23-21)17-10-15(16-11-24-26(12-16)8-9-28)4-5-18(17)27(14(2)29)20(13)30/h3-7,10-13,19-20,28,30H,8-9H2,1-2H3,(H,22,23,25)/t13-,19-,20+/m1/s1. The van der Waals surface area contributed by atoms with E-state index in [-0.39, 0.29) is 24.5 Å². The molecule has 9 nitrogen and oxygen atoms in total. The van der Waals surface area contributed by atoms with E-state index in [1.54, 1.807) is 29.3 Å². The van der Waals surface area contributed by atoms with Gasteiger partial charge in [-0.15, -0.1) is 0 Å². The highest BCUT2D eigenvalue weighted by molar-refractivity contribution is 5.94. The third kappa shape index (κ3) is 3.64. The SMILES string of the molecule is CC(=O)N1c2ccc(-c3cnn(CCO)c3)cc2[C@H](Nc2ncccn2)[C@@H](C)[C@@H]1O. The van der Waals surface area contributed by atoms with Crippen molar-refractivity contribution in [3.8, 4) is 11.1 Å². The van der Waals surface area contributed by atoms with Crippen molar-refractivity contribution in [2.75, 3.05) is 16.8 Å². The van der Waals surface area contributed by atoms with Gasteiger partial charge in [0.1, 0.15) is 6.23 Å². The van der Waals surface area contributed by atoms with E-state index >= 15 is 0 Å². The van der Waals surface area contributed by atoms with E-state index in [1.165, 1.54) is 11.8 Å². The first kappa shape index (κ1) is 20.0. The second-order valence-electron chi connectivity index (χ2n) is 7.35. The number of aromatic nitrogens is 4. The third-order valence-corrected chi connectivity index (χ3v) is 5.37. The number of nitrogens with zero attached hydrogens (tertiary/aromatic N) is 5. The summed E-state index contributed by atoms with van der Waals surface area (Å²) in [5.74, 6) is -0.0870. The van der Waals surface area contributed by atoms with Crippen molar-refractivity contribution < 1.29 is 15.0 Å². The molecule has 9 heteroatoms. The van der Waals surface area contributed by atoms with Gasteiger partial charge in [0.05, 0.1) is 31.1 Å². The minimum Gasteiger partial charge on any atom is -0.394 e. The van der Waals surface area contributed by atoms with Gasteiger partial charge in [-0.2, -0.15) is 5.10 Å². The fourth-order valence-corrected chi connectivity index (χ4v) is 3.85. The molecule has 2 aromatic heterocycles. The first-order valence-corrected chi connectivity index (χ1v) is 9.78. The van der Waals surface area contributed by atoms with Crippen LogP contribution in [0.4, 0.5) is 11.6 Å². The minimum absolute atomic E-state index is 0.0113. The highest BCUT2D eigenvalue weighted by Gasteiger charge is 2.40. The van der Waals surface area contributed by atoms with Crippen molar-refractivity contribution in [2.45, 2.75) is 32.7 Å². The first-order chi connectivity index (χ1) is 14.5. The summed E-state index contributed by atoms with van der Waals surface area (Å²) in [4.78, 5) is 22.2. The number of anilines is 2. The van der Waals surface area contributed by atoms with Gasteiger partial charge in [0.15, 0.2) is 0 Å². The van der Waals surface area contributed by atoms with Crippen molar-refractivity contribution in [1.82, 2.24) is 19.7 Å². The third-order valence-electron chi connectivity index (χ3n) is 5.37. The molecule has 0 saturated carbocycles. The van der Waals surface area contributed by atoms with Crippen molar-refractivity contribution in [3.05, 3.63) is 54.6 Å². The molecule has 0 unspecified atom stereocenters. The molecule has 1 aliphatic heterocycles. The Balaban J connectivity index is 1.79. The second-order valence-corrected chi connectivity index (χ2v) is 7.35.